The lowest BCUT2D eigenvalue weighted by Gasteiger charge is -2.27. The number of benzene rings is 1. The summed E-state index contributed by atoms with van der Waals surface area (Å²) in [6.45, 7) is 3.99. The fourth-order valence-electron chi connectivity index (χ4n) is 2.68. The Balaban J connectivity index is 2.14. The molecule has 28 heavy (non-hydrogen) atoms. The summed E-state index contributed by atoms with van der Waals surface area (Å²) in [5.74, 6) is -1.00. The van der Waals surface area contributed by atoms with Gasteiger partial charge in [0.15, 0.2) is 0 Å². The van der Waals surface area contributed by atoms with Crippen LogP contribution in [0.3, 0.4) is 0 Å². The first kappa shape index (κ1) is 21.4. The molecule has 9 nitrogen and oxygen atoms in total. The number of non-ortho nitro benzene ring substituents is 1. The molecule has 0 radical (unpaired) electrons. The number of hydrogen-bond donors (Lipinski definition) is 1. The van der Waals surface area contributed by atoms with Crippen LogP contribution in [0.4, 0.5) is 5.69 Å². The number of aryl methyl sites for hydroxylation is 1. The molecule has 10 heteroatoms. The van der Waals surface area contributed by atoms with Gasteiger partial charge < -0.3 is 10.2 Å². The fourth-order valence-corrected chi connectivity index (χ4v) is 2.94. The highest BCUT2D eigenvalue weighted by molar-refractivity contribution is 6.34. The minimum atomic E-state index is -0.777. The van der Waals surface area contributed by atoms with Crippen LogP contribution >= 0.6 is 11.6 Å². The maximum Gasteiger partial charge on any atom is 0.270 e. The number of nitrogens with one attached hydrogen (secondary N) is 1. The highest BCUT2D eigenvalue weighted by Crippen LogP contribution is 2.23. The lowest BCUT2D eigenvalue weighted by molar-refractivity contribution is -0.384. The number of carbonyl (C=O) groups excluding carboxylic acids is 2. The predicted molar refractivity (Wildman–Crippen MR) is 104 cm³/mol. The molecule has 1 unspecified atom stereocenters. The van der Waals surface area contributed by atoms with Gasteiger partial charge in [0.2, 0.25) is 5.91 Å². The van der Waals surface area contributed by atoms with Gasteiger partial charge in [-0.3, -0.25) is 24.4 Å². The molecule has 1 aromatic heterocycles. The number of halogens is 1. The Bertz CT molecular complexity index is 896. The monoisotopic (exact) mass is 407 g/mol. The van der Waals surface area contributed by atoms with Crippen LogP contribution in [0.2, 0.25) is 5.02 Å². The molecule has 1 atom stereocenters. The SMILES string of the molecule is CC(C)C(NC(=O)c1ccc([N+](=O)[O-])cc1Cl)C(=O)N(C)Cc1cnn(C)c1. The third-order valence-corrected chi connectivity index (χ3v) is 4.49. The fraction of sp³-hybridized carbons (Fsp3) is 0.389. The Labute approximate surface area is 167 Å². The van der Waals surface area contributed by atoms with Crippen molar-refractivity contribution in [2.75, 3.05) is 7.05 Å². The van der Waals surface area contributed by atoms with Gasteiger partial charge in [0.25, 0.3) is 11.6 Å². The Morgan fingerprint density at radius 1 is 1.39 bits per heavy atom. The van der Waals surface area contributed by atoms with Crippen molar-refractivity contribution in [3.63, 3.8) is 0 Å². The molecule has 1 aromatic carbocycles. The summed E-state index contributed by atoms with van der Waals surface area (Å²) in [4.78, 5) is 37.2. The highest BCUT2D eigenvalue weighted by atomic mass is 35.5. The van der Waals surface area contributed by atoms with Gasteiger partial charge in [-0.2, -0.15) is 5.10 Å². The van der Waals surface area contributed by atoms with Gasteiger partial charge in [0.1, 0.15) is 6.04 Å². The normalized spacial score (nSPS) is 11.9. The second-order valence-electron chi connectivity index (χ2n) is 6.83. The van der Waals surface area contributed by atoms with E-state index in [2.05, 4.69) is 10.4 Å². The van der Waals surface area contributed by atoms with Crippen LogP contribution < -0.4 is 5.32 Å². The zero-order chi connectivity index (χ0) is 21.0. The molecule has 0 saturated heterocycles. The molecule has 1 N–H and O–H groups in total. The van der Waals surface area contributed by atoms with Gasteiger partial charge in [0.05, 0.1) is 21.7 Å². The zero-order valence-electron chi connectivity index (χ0n) is 16.0. The molecule has 0 aliphatic rings. The van der Waals surface area contributed by atoms with Crippen LogP contribution in [0.1, 0.15) is 29.8 Å². The van der Waals surface area contributed by atoms with Crippen LogP contribution in [0.15, 0.2) is 30.6 Å². The summed E-state index contributed by atoms with van der Waals surface area (Å²) >= 11 is 6.01. The second-order valence-corrected chi connectivity index (χ2v) is 7.24. The van der Waals surface area contributed by atoms with Gasteiger partial charge in [0, 0.05) is 44.5 Å². The second kappa shape index (κ2) is 8.83. The van der Waals surface area contributed by atoms with Crippen molar-refractivity contribution in [2.24, 2.45) is 13.0 Å². The van der Waals surface area contributed by atoms with Crippen molar-refractivity contribution in [2.45, 2.75) is 26.4 Å². The van der Waals surface area contributed by atoms with E-state index in [0.717, 1.165) is 11.6 Å². The third-order valence-electron chi connectivity index (χ3n) is 4.18. The van der Waals surface area contributed by atoms with Gasteiger partial charge in [-0.25, -0.2) is 0 Å². The van der Waals surface area contributed by atoms with Crippen LogP contribution in [0.25, 0.3) is 0 Å². The largest absolute Gasteiger partial charge is 0.340 e. The average molecular weight is 408 g/mol. The van der Waals surface area contributed by atoms with Crippen LogP contribution in [0.5, 0.6) is 0 Å². The Morgan fingerprint density at radius 2 is 2.07 bits per heavy atom. The topological polar surface area (TPSA) is 110 Å². The summed E-state index contributed by atoms with van der Waals surface area (Å²) in [6, 6.07) is 2.80. The minimum absolute atomic E-state index is 0.0506. The van der Waals surface area contributed by atoms with E-state index in [1.165, 1.54) is 17.0 Å². The molecule has 150 valence electrons. The van der Waals surface area contributed by atoms with E-state index in [9.17, 15) is 19.7 Å². The van der Waals surface area contributed by atoms with E-state index >= 15 is 0 Å². The molecule has 0 bridgehead atoms. The first-order chi connectivity index (χ1) is 13.1. The Kier molecular flexibility index (Phi) is 6.74. The predicted octanol–water partition coefficient (Wildman–Crippen LogP) is 2.39. The van der Waals surface area contributed by atoms with Gasteiger partial charge >= 0.3 is 0 Å². The van der Waals surface area contributed by atoms with Gasteiger partial charge in [-0.05, 0) is 12.0 Å². The number of likely N-dealkylation sites (N-methyl/N-ethyl adjacent to an activating group) is 1. The van der Waals surface area contributed by atoms with Crippen molar-refractivity contribution >= 4 is 29.1 Å². The van der Waals surface area contributed by atoms with E-state index in [1.807, 2.05) is 20.0 Å². The number of carbonyl (C=O) groups is 2. The van der Waals surface area contributed by atoms with Crippen molar-refractivity contribution in [1.82, 2.24) is 20.0 Å². The molecular formula is C18H22ClN5O4. The molecule has 0 aliphatic heterocycles. The molecule has 2 amide bonds. The number of aromatic nitrogens is 2. The molecular weight excluding hydrogens is 386 g/mol. The maximum absolute atomic E-state index is 12.9. The van der Waals surface area contributed by atoms with E-state index < -0.39 is 16.9 Å². The standard InChI is InChI=1S/C18H22ClN5O4/c1-11(2)16(18(26)22(3)9-12-8-20-23(4)10-12)21-17(25)14-6-5-13(24(27)28)7-15(14)19/h5-8,10-11,16H,9H2,1-4H3,(H,21,25). The quantitative estimate of drug-likeness (QED) is 0.559. The lowest BCUT2D eigenvalue weighted by Crippen LogP contribution is -2.50. The highest BCUT2D eigenvalue weighted by Gasteiger charge is 2.28. The number of rotatable bonds is 7. The van der Waals surface area contributed by atoms with Gasteiger partial charge in [-0.15, -0.1) is 0 Å². The summed E-state index contributed by atoms with van der Waals surface area (Å²) in [7, 11) is 3.44. The number of nitro benzene ring substituents is 1. The Morgan fingerprint density at radius 3 is 2.57 bits per heavy atom. The maximum atomic E-state index is 12.9. The summed E-state index contributed by atoms with van der Waals surface area (Å²) < 4.78 is 1.64. The van der Waals surface area contributed by atoms with Crippen molar-refractivity contribution < 1.29 is 14.5 Å². The summed E-state index contributed by atoms with van der Waals surface area (Å²) in [6.07, 6.45) is 3.48. The average Bonchev–Trinajstić information content (AvgIpc) is 3.03. The zero-order valence-corrected chi connectivity index (χ0v) is 16.8. The number of nitro groups is 1. The smallest absolute Gasteiger partial charge is 0.270 e. The number of amides is 2. The van der Waals surface area contributed by atoms with Crippen molar-refractivity contribution in [3.8, 4) is 0 Å². The van der Waals surface area contributed by atoms with Gasteiger partial charge in [-0.1, -0.05) is 25.4 Å². The first-order valence-corrected chi connectivity index (χ1v) is 8.95. The van der Waals surface area contributed by atoms with Crippen LogP contribution in [0, 0.1) is 16.0 Å². The number of hydrogen-bond acceptors (Lipinski definition) is 5. The molecule has 2 aromatic rings. The van der Waals surface area contributed by atoms with E-state index in [0.29, 0.717) is 6.54 Å². The van der Waals surface area contributed by atoms with Crippen molar-refractivity contribution in [3.05, 3.63) is 56.9 Å². The van der Waals surface area contributed by atoms with Crippen LogP contribution in [-0.4, -0.2) is 44.5 Å². The minimum Gasteiger partial charge on any atom is -0.340 e. The molecule has 0 aliphatic carbocycles. The first-order valence-electron chi connectivity index (χ1n) is 8.57. The summed E-state index contributed by atoms with van der Waals surface area (Å²) in [5, 5.41) is 17.5. The van der Waals surface area contributed by atoms with Crippen molar-refractivity contribution in [1.29, 1.82) is 0 Å². The van der Waals surface area contributed by atoms with E-state index in [1.54, 1.807) is 25.0 Å². The molecule has 2 rings (SSSR count). The molecule has 0 fully saturated rings. The van der Waals surface area contributed by atoms with E-state index in [-0.39, 0.29) is 28.1 Å². The van der Waals surface area contributed by atoms with E-state index in [4.69, 9.17) is 11.6 Å². The third kappa shape index (κ3) is 5.07. The number of nitrogens with zero attached hydrogens (tertiary/aromatic N) is 4. The molecule has 0 saturated carbocycles. The lowest BCUT2D eigenvalue weighted by atomic mass is 10.0. The molecule has 1 heterocycles. The Hall–Kier alpha value is -2.94. The van der Waals surface area contributed by atoms with Crippen LogP contribution in [-0.2, 0) is 18.4 Å². The molecule has 0 spiro atoms. The summed E-state index contributed by atoms with van der Waals surface area (Å²) in [5.41, 5.74) is 0.723.